The van der Waals surface area contributed by atoms with Crippen LogP contribution in [0.3, 0.4) is 0 Å². The number of carbonyl (C=O) groups excluding carboxylic acids is 2. The summed E-state index contributed by atoms with van der Waals surface area (Å²) in [4.78, 5) is 26.7. The Hall–Kier alpha value is -2.18. The van der Waals surface area contributed by atoms with Crippen LogP contribution in [0.4, 0.5) is 0 Å². The average molecular weight is 308 g/mol. The highest BCUT2D eigenvalue weighted by atomic mass is 16.3. The van der Waals surface area contributed by atoms with Gasteiger partial charge in [-0.05, 0) is 0 Å². The van der Waals surface area contributed by atoms with Crippen molar-refractivity contribution in [1.82, 2.24) is 9.80 Å². The molecule has 0 spiro atoms. The Balaban J connectivity index is 5.02. The van der Waals surface area contributed by atoms with E-state index in [-0.39, 0.29) is 26.2 Å². The molecule has 0 saturated heterocycles. The van der Waals surface area contributed by atoms with Crippen LogP contribution < -0.4 is 0 Å². The number of hydrogen-bond donors (Lipinski definition) is 2. The van der Waals surface area contributed by atoms with E-state index in [9.17, 15) is 19.8 Å². The van der Waals surface area contributed by atoms with Gasteiger partial charge in [-0.1, -0.05) is 24.3 Å². The highest BCUT2D eigenvalue weighted by Crippen LogP contribution is 2.06. The zero-order chi connectivity index (χ0) is 17.1. The minimum Gasteiger partial charge on any atom is -0.380 e. The van der Waals surface area contributed by atoms with Crippen molar-refractivity contribution in [1.29, 1.82) is 0 Å². The third-order valence-corrected chi connectivity index (χ3v) is 2.83. The van der Waals surface area contributed by atoms with Crippen molar-refractivity contribution in [2.75, 3.05) is 26.2 Å². The van der Waals surface area contributed by atoms with Gasteiger partial charge in [-0.25, -0.2) is 0 Å². The van der Waals surface area contributed by atoms with Crippen molar-refractivity contribution in [3.8, 4) is 0 Å². The first-order valence-corrected chi connectivity index (χ1v) is 6.81. The quantitative estimate of drug-likeness (QED) is 0.531. The second kappa shape index (κ2) is 10.5. The SMILES string of the molecule is C=CCN(CC=C)C(=O)[C@H](O)[C@@H](O)C(=O)N(CC=C)CC=C. The van der Waals surface area contributed by atoms with E-state index in [4.69, 9.17) is 0 Å². The van der Waals surface area contributed by atoms with E-state index < -0.39 is 24.0 Å². The van der Waals surface area contributed by atoms with E-state index in [0.29, 0.717) is 0 Å². The first kappa shape index (κ1) is 19.8. The maximum Gasteiger partial charge on any atom is 0.255 e. The van der Waals surface area contributed by atoms with Crippen LogP contribution in [0.5, 0.6) is 0 Å². The van der Waals surface area contributed by atoms with Gasteiger partial charge in [-0.15, -0.1) is 26.3 Å². The lowest BCUT2D eigenvalue weighted by atomic mass is 10.1. The number of hydrogen-bond acceptors (Lipinski definition) is 4. The first-order chi connectivity index (χ1) is 10.4. The molecule has 0 saturated carbocycles. The van der Waals surface area contributed by atoms with Gasteiger partial charge in [0, 0.05) is 26.2 Å². The molecule has 6 nitrogen and oxygen atoms in total. The Morgan fingerprint density at radius 2 is 0.955 bits per heavy atom. The molecule has 6 heteroatoms. The normalized spacial score (nSPS) is 12.6. The van der Waals surface area contributed by atoms with Gasteiger partial charge in [-0.3, -0.25) is 9.59 Å². The van der Waals surface area contributed by atoms with Crippen molar-refractivity contribution < 1.29 is 19.8 Å². The molecular formula is C16H24N2O4. The topological polar surface area (TPSA) is 81.1 Å². The zero-order valence-electron chi connectivity index (χ0n) is 12.7. The van der Waals surface area contributed by atoms with Gasteiger partial charge >= 0.3 is 0 Å². The van der Waals surface area contributed by atoms with Gasteiger partial charge in [0.25, 0.3) is 11.8 Å². The molecule has 0 aromatic carbocycles. The number of amides is 2. The molecular weight excluding hydrogens is 284 g/mol. The molecule has 0 bridgehead atoms. The molecule has 22 heavy (non-hydrogen) atoms. The molecule has 0 heterocycles. The third kappa shape index (κ3) is 5.67. The Bertz CT molecular complexity index is 374. The van der Waals surface area contributed by atoms with E-state index in [2.05, 4.69) is 26.3 Å². The van der Waals surface area contributed by atoms with Crippen LogP contribution >= 0.6 is 0 Å². The summed E-state index contributed by atoms with van der Waals surface area (Å²) in [6.45, 7) is 14.7. The minimum atomic E-state index is -1.86. The molecule has 0 aliphatic heterocycles. The van der Waals surface area contributed by atoms with E-state index in [0.717, 1.165) is 0 Å². The molecule has 0 rings (SSSR count). The summed E-state index contributed by atoms with van der Waals surface area (Å²) in [5, 5.41) is 19.9. The van der Waals surface area contributed by atoms with Crippen molar-refractivity contribution >= 4 is 11.8 Å². The van der Waals surface area contributed by atoms with E-state index in [1.54, 1.807) is 0 Å². The highest BCUT2D eigenvalue weighted by Gasteiger charge is 2.34. The van der Waals surface area contributed by atoms with Crippen molar-refractivity contribution in [3.05, 3.63) is 50.6 Å². The third-order valence-electron chi connectivity index (χ3n) is 2.83. The zero-order valence-corrected chi connectivity index (χ0v) is 12.7. The number of aliphatic hydroxyl groups is 2. The van der Waals surface area contributed by atoms with Crippen LogP contribution in [0.2, 0.25) is 0 Å². The van der Waals surface area contributed by atoms with E-state index >= 15 is 0 Å². The second-order valence-corrected chi connectivity index (χ2v) is 4.53. The maximum atomic E-state index is 12.1. The summed E-state index contributed by atoms with van der Waals surface area (Å²) in [6, 6.07) is 0. The fourth-order valence-corrected chi connectivity index (χ4v) is 1.78. The minimum absolute atomic E-state index is 0.172. The summed E-state index contributed by atoms with van der Waals surface area (Å²) in [5.41, 5.74) is 0. The summed E-state index contributed by atoms with van der Waals surface area (Å²) in [7, 11) is 0. The van der Waals surface area contributed by atoms with Crippen LogP contribution in [0, 0.1) is 0 Å². The lowest BCUT2D eigenvalue weighted by Gasteiger charge is -2.28. The summed E-state index contributed by atoms with van der Waals surface area (Å²) >= 11 is 0. The average Bonchev–Trinajstić information content (AvgIpc) is 2.51. The molecule has 2 atom stereocenters. The number of carbonyl (C=O) groups is 2. The molecule has 122 valence electrons. The van der Waals surface area contributed by atoms with E-state index in [1.807, 2.05) is 0 Å². The Morgan fingerprint density at radius 1 is 0.727 bits per heavy atom. The standard InChI is InChI=1S/C16H24N2O4/c1-5-9-17(10-6-2)15(21)13(19)14(20)16(22)18(11-7-3)12-8-4/h5-8,13-14,19-20H,1-4,9-12H2/t13-,14-/m1/s1. The lowest BCUT2D eigenvalue weighted by molar-refractivity contribution is -0.157. The first-order valence-electron chi connectivity index (χ1n) is 6.81. The van der Waals surface area contributed by atoms with Crippen LogP contribution in [0.25, 0.3) is 0 Å². The molecule has 0 radical (unpaired) electrons. The molecule has 0 aliphatic carbocycles. The molecule has 0 aliphatic rings. The maximum absolute atomic E-state index is 12.1. The molecule has 0 aromatic heterocycles. The van der Waals surface area contributed by atoms with Crippen molar-refractivity contribution in [2.45, 2.75) is 12.2 Å². The monoisotopic (exact) mass is 308 g/mol. The predicted octanol–water partition coefficient (Wildman–Crippen LogP) is 0.109. The van der Waals surface area contributed by atoms with Crippen LogP contribution in [-0.2, 0) is 9.59 Å². The van der Waals surface area contributed by atoms with Crippen LogP contribution in [-0.4, -0.2) is 70.2 Å². The van der Waals surface area contributed by atoms with Gasteiger partial charge in [0.1, 0.15) is 0 Å². The number of aliphatic hydroxyl groups excluding tert-OH is 2. The van der Waals surface area contributed by atoms with Crippen molar-refractivity contribution in [2.24, 2.45) is 0 Å². The van der Waals surface area contributed by atoms with Gasteiger partial charge in [0.05, 0.1) is 0 Å². The van der Waals surface area contributed by atoms with Gasteiger partial charge < -0.3 is 20.0 Å². The summed E-state index contributed by atoms with van der Waals surface area (Å²) in [5.74, 6) is -1.53. The van der Waals surface area contributed by atoms with Gasteiger partial charge in [-0.2, -0.15) is 0 Å². The Kier molecular flexibility index (Phi) is 9.49. The molecule has 2 amide bonds. The summed E-state index contributed by atoms with van der Waals surface area (Å²) in [6.07, 6.45) is 2.19. The largest absolute Gasteiger partial charge is 0.380 e. The predicted molar refractivity (Wildman–Crippen MR) is 86.0 cm³/mol. The second-order valence-electron chi connectivity index (χ2n) is 4.53. The molecule has 0 fully saturated rings. The van der Waals surface area contributed by atoms with Gasteiger partial charge in [0.2, 0.25) is 0 Å². The van der Waals surface area contributed by atoms with Crippen molar-refractivity contribution in [3.63, 3.8) is 0 Å². The van der Waals surface area contributed by atoms with E-state index in [1.165, 1.54) is 34.1 Å². The smallest absolute Gasteiger partial charge is 0.255 e. The fourth-order valence-electron chi connectivity index (χ4n) is 1.78. The lowest BCUT2D eigenvalue weighted by Crippen LogP contribution is -2.52. The molecule has 2 N–H and O–H groups in total. The Morgan fingerprint density at radius 3 is 1.14 bits per heavy atom. The number of rotatable bonds is 11. The van der Waals surface area contributed by atoms with Gasteiger partial charge in [0.15, 0.2) is 12.2 Å². The summed E-state index contributed by atoms with van der Waals surface area (Å²) < 4.78 is 0. The van der Waals surface area contributed by atoms with Crippen LogP contribution in [0.15, 0.2) is 50.6 Å². The number of nitrogens with zero attached hydrogens (tertiary/aromatic N) is 2. The highest BCUT2D eigenvalue weighted by molar-refractivity contribution is 5.91. The Labute approximate surface area is 131 Å². The van der Waals surface area contributed by atoms with Crippen LogP contribution in [0.1, 0.15) is 0 Å². The molecule has 0 aromatic rings. The fraction of sp³-hybridized carbons (Fsp3) is 0.375. The molecule has 0 unspecified atom stereocenters.